The van der Waals surface area contributed by atoms with Crippen LogP contribution in [0.2, 0.25) is 0 Å². The van der Waals surface area contributed by atoms with E-state index < -0.39 is 6.09 Å². The fourth-order valence-electron chi connectivity index (χ4n) is 2.66. The van der Waals surface area contributed by atoms with Crippen molar-refractivity contribution in [1.29, 1.82) is 0 Å². The highest BCUT2D eigenvalue weighted by atomic mass is 35.5. The second kappa shape index (κ2) is 8.41. The zero-order chi connectivity index (χ0) is 18.7. The van der Waals surface area contributed by atoms with Crippen molar-refractivity contribution < 1.29 is 36.4 Å². The summed E-state index contributed by atoms with van der Waals surface area (Å²) in [4.78, 5) is 23.6. The van der Waals surface area contributed by atoms with E-state index in [0.717, 1.165) is 0 Å². The van der Waals surface area contributed by atoms with Crippen molar-refractivity contribution in [3.05, 3.63) is 49.1 Å². The number of hydrogen-bond acceptors (Lipinski definition) is 4. The van der Waals surface area contributed by atoms with Crippen molar-refractivity contribution in [2.45, 2.75) is 6.54 Å². The highest BCUT2D eigenvalue weighted by Gasteiger charge is 2.14. The molecule has 0 spiro atoms. The zero-order valence-electron chi connectivity index (χ0n) is 14.8. The number of carbonyl (C=O) groups is 2. The van der Waals surface area contributed by atoms with Crippen LogP contribution in [0.4, 0.5) is 16.2 Å². The van der Waals surface area contributed by atoms with E-state index >= 15 is 0 Å². The molecule has 0 aliphatic heterocycles. The van der Waals surface area contributed by atoms with Crippen molar-refractivity contribution in [3.8, 4) is 5.75 Å². The van der Waals surface area contributed by atoms with E-state index in [0.29, 0.717) is 16.5 Å². The highest BCUT2D eigenvalue weighted by Crippen LogP contribution is 2.36. The number of amides is 2. The fraction of sp³-hybridized carbons (Fsp3) is 0.167. The molecule has 1 heterocycles. The maximum absolute atomic E-state index is 12.3. The molecule has 0 radical (unpaired) electrons. The summed E-state index contributed by atoms with van der Waals surface area (Å²) in [6, 6.07) is 8.44. The van der Waals surface area contributed by atoms with Gasteiger partial charge in [-0.2, -0.15) is 0 Å². The topological polar surface area (TPSA) is 96.5 Å². The fourth-order valence-corrected chi connectivity index (χ4v) is 2.66. The minimum absolute atomic E-state index is 0. The predicted molar refractivity (Wildman–Crippen MR) is 95.9 cm³/mol. The molecule has 27 heavy (non-hydrogen) atoms. The SMILES string of the molecule is COC(=O)Nc1ccc2c(NC(=O)Cn3cc[n+](C)c3)cccc2c1O.[Cl-]. The normalized spacial score (nSPS) is 10.1. The minimum Gasteiger partial charge on any atom is -1.00 e. The Morgan fingerprint density at radius 1 is 1.15 bits per heavy atom. The van der Waals surface area contributed by atoms with E-state index in [1.807, 2.05) is 17.8 Å². The number of methoxy groups -OCH3 is 1. The largest absolute Gasteiger partial charge is 1.00 e. The van der Waals surface area contributed by atoms with Gasteiger partial charge < -0.3 is 27.6 Å². The van der Waals surface area contributed by atoms with Crippen LogP contribution >= 0.6 is 0 Å². The third kappa shape index (κ3) is 4.48. The van der Waals surface area contributed by atoms with Gasteiger partial charge >= 0.3 is 6.09 Å². The molecule has 0 aliphatic carbocycles. The lowest BCUT2D eigenvalue weighted by Crippen LogP contribution is -3.00. The summed E-state index contributed by atoms with van der Waals surface area (Å²) in [7, 11) is 3.12. The lowest BCUT2D eigenvalue weighted by atomic mass is 10.1. The summed E-state index contributed by atoms with van der Waals surface area (Å²) in [6.45, 7) is 0.172. The molecule has 2 amide bonds. The Hall–Kier alpha value is -3.26. The summed E-state index contributed by atoms with van der Waals surface area (Å²) in [6.07, 6.45) is 4.78. The van der Waals surface area contributed by atoms with Crippen LogP contribution in [0.25, 0.3) is 10.8 Å². The highest BCUT2D eigenvalue weighted by molar-refractivity contribution is 6.06. The number of carbonyl (C=O) groups excluding carboxylic acids is 2. The average molecular weight is 391 g/mol. The number of nitrogens with one attached hydrogen (secondary N) is 2. The van der Waals surface area contributed by atoms with Crippen molar-refractivity contribution in [2.75, 3.05) is 17.7 Å². The number of ether oxygens (including phenoxy) is 1. The number of aromatic hydroxyl groups is 1. The molecule has 3 N–H and O–H groups in total. The van der Waals surface area contributed by atoms with E-state index in [2.05, 4.69) is 15.4 Å². The maximum Gasteiger partial charge on any atom is 0.411 e. The van der Waals surface area contributed by atoms with E-state index in [4.69, 9.17) is 0 Å². The Morgan fingerprint density at radius 2 is 1.93 bits per heavy atom. The summed E-state index contributed by atoms with van der Waals surface area (Å²) in [5, 5.41) is 16.9. The van der Waals surface area contributed by atoms with E-state index in [-0.39, 0.29) is 36.3 Å². The molecule has 9 heteroatoms. The van der Waals surface area contributed by atoms with Gasteiger partial charge in [-0.1, -0.05) is 12.1 Å². The lowest BCUT2D eigenvalue weighted by molar-refractivity contribution is -0.671. The third-order valence-corrected chi connectivity index (χ3v) is 3.88. The molecule has 8 nitrogen and oxygen atoms in total. The van der Waals surface area contributed by atoms with Crippen molar-refractivity contribution in [3.63, 3.8) is 0 Å². The van der Waals surface area contributed by atoms with Crippen LogP contribution in [0, 0.1) is 0 Å². The number of aryl methyl sites for hydroxylation is 1. The van der Waals surface area contributed by atoms with Crippen LogP contribution in [0.5, 0.6) is 5.75 Å². The first-order chi connectivity index (χ1) is 12.5. The Bertz CT molecular complexity index is 987. The number of nitrogens with zero attached hydrogens (tertiary/aromatic N) is 2. The average Bonchev–Trinajstić information content (AvgIpc) is 3.02. The lowest BCUT2D eigenvalue weighted by Gasteiger charge is -2.12. The van der Waals surface area contributed by atoms with Gasteiger partial charge in [0.1, 0.15) is 18.1 Å². The number of rotatable bonds is 4. The number of anilines is 2. The number of phenolic OH excluding ortho intramolecular Hbond substituents is 1. The summed E-state index contributed by atoms with van der Waals surface area (Å²) in [5.41, 5.74) is 0.802. The van der Waals surface area contributed by atoms with Crippen LogP contribution in [0.3, 0.4) is 0 Å². The van der Waals surface area contributed by atoms with Gasteiger partial charge in [0.2, 0.25) is 6.33 Å². The molecule has 0 bridgehead atoms. The monoisotopic (exact) mass is 390 g/mol. The number of hydrogen-bond donors (Lipinski definition) is 3. The second-order valence-electron chi connectivity index (χ2n) is 5.78. The number of halogens is 1. The van der Waals surface area contributed by atoms with Gasteiger partial charge in [0, 0.05) is 16.5 Å². The zero-order valence-corrected chi connectivity index (χ0v) is 15.5. The number of aromatic nitrogens is 2. The van der Waals surface area contributed by atoms with Crippen molar-refractivity contribution >= 4 is 34.1 Å². The molecule has 0 saturated carbocycles. The Morgan fingerprint density at radius 3 is 2.59 bits per heavy atom. The van der Waals surface area contributed by atoms with Crippen LogP contribution in [-0.2, 0) is 23.1 Å². The molecule has 2 aromatic carbocycles. The van der Waals surface area contributed by atoms with Gasteiger partial charge in [-0.25, -0.2) is 13.9 Å². The molecule has 0 unspecified atom stereocenters. The Balaban J connectivity index is 0.00000261. The predicted octanol–water partition coefficient (Wildman–Crippen LogP) is -1.01. The first-order valence-corrected chi connectivity index (χ1v) is 7.88. The summed E-state index contributed by atoms with van der Waals surface area (Å²) in [5.74, 6) is -0.286. The molecule has 0 atom stereocenters. The Labute approximate surface area is 161 Å². The number of fused-ring (bicyclic) bond motifs is 1. The van der Waals surface area contributed by atoms with E-state index in [1.54, 1.807) is 47.4 Å². The van der Waals surface area contributed by atoms with Crippen LogP contribution in [0.1, 0.15) is 0 Å². The van der Waals surface area contributed by atoms with Crippen LogP contribution in [0.15, 0.2) is 49.1 Å². The van der Waals surface area contributed by atoms with Crippen molar-refractivity contribution in [2.24, 2.45) is 7.05 Å². The molecular formula is C18H19ClN4O4. The van der Waals surface area contributed by atoms with E-state index in [1.165, 1.54) is 7.11 Å². The third-order valence-electron chi connectivity index (χ3n) is 3.88. The standard InChI is InChI=1S/C18H18N4O4.ClH/c1-21-8-9-22(11-21)10-16(23)19-14-5-3-4-13-12(14)6-7-15(17(13)24)20-18(25)26-2;/h3-9,11H,10H2,1-2H3,(H2-,19,20,23,24,25);1H. The van der Waals surface area contributed by atoms with E-state index in [9.17, 15) is 14.7 Å². The van der Waals surface area contributed by atoms with Gasteiger partial charge in [-0.05, 0) is 18.2 Å². The number of imidazole rings is 1. The molecule has 0 saturated heterocycles. The first kappa shape index (κ1) is 20.1. The van der Waals surface area contributed by atoms with Gasteiger partial charge in [0.05, 0.1) is 19.8 Å². The smallest absolute Gasteiger partial charge is 0.411 e. The van der Waals surface area contributed by atoms with Gasteiger partial charge in [-0.15, -0.1) is 0 Å². The molecule has 3 rings (SSSR count). The van der Waals surface area contributed by atoms with Crippen LogP contribution in [-0.4, -0.2) is 28.8 Å². The maximum atomic E-state index is 12.3. The van der Waals surface area contributed by atoms with Gasteiger partial charge in [0.25, 0.3) is 5.91 Å². The summed E-state index contributed by atoms with van der Waals surface area (Å²) < 4.78 is 8.14. The number of phenols is 1. The molecule has 3 aromatic rings. The van der Waals surface area contributed by atoms with Gasteiger partial charge in [0.15, 0.2) is 6.54 Å². The van der Waals surface area contributed by atoms with Crippen molar-refractivity contribution in [1.82, 2.24) is 4.57 Å². The molecule has 0 fully saturated rings. The van der Waals surface area contributed by atoms with Gasteiger partial charge in [-0.3, -0.25) is 10.1 Å². The molecular weight excluding hydrogens is 372 g/mol. The quantitative estimate of drug-likeness (QED) is 0.393. The summed E-state index contributed by atoms with van der Waals surface area (Å²) >= 11 is 0. The number of benzene rings is 2. The first-order valence-electron chi connectivity index (χ1n) is 7.88. The minimum atomic E-state index is -0.677. The second-order valence-corrected chi connectivity index (χ2v) is 5.78. The Kier molecular flexibility index (Phi) is 6.25. The molecule has 142 valence electrons. The molecule has 1 aromatic heterocycles. The molecule has 0 aliphatic rings. The van der Waals surface area contributed by atoms with Crippen LogP contribution < -0.4 is 27.6 Å².